The number of aromatic nitrogens is 6. The molecule has 0 amide bonds. The van der Waals surface area contributed by atoms with Crippen molar-refractivity contribution in [1.82, 2.24) is 30.2 Å². The Morgan fingerprint density at radius 1 is 1.26 bits per heavy atom. The van der Waals surface area contributed by atoms with E-state index >= 15 is 0 Å². The quantitative estimate of drug-likeness (QED) is 0.549. The molecule has 3 heterocycles. The number of alkyl halides is 2. The van der Waals surface area contributed by atoms with Crippen molar-refractivity contribution in [3.05, 3.63) is 60.1 Å². The molecule has 3 rings (SSSR count). The van der Waals surface area contributed by atoms with Gasteiger partial charge in [0, 0.05) is 29.6 Å². The first-order chi connectivity index (χ1) is 14.9. The van der Waals surface area contributed by atoms with E-state index in [1.165, 1.54) is 17.7 Å². The second-order valence-electron chi connectivity index (χ2n) is 6.31. The first-order valence-electron chi connectivity index (χ1n) is 9.16. The lowest BCUT2D eigenvalue weighted by Gasteiger charge is -2.08. The summed E-state index contributed by atoms with van der Waals surface area (Å²) < 4.78 is 32.7. The van der Waals surface area contributed by atoms with E-state index in [2.05, 4.69) is 37.1 Å². The Morgan fingerprint density at radius 3 is 2.68 bits per heavy atom. The van der Waals surface area contributed by atoms with E-state index < -0.39 is 6.43 Å². The Balaban J connectivity index is 1.70. The molecule has 0 bridgehead atoms. The minimum atomic E-state index is -2.63. The lowest BCUT2D eigenvalue weighted by Crippen LogP contribution is -2.08. The molecule has 0 saturated heterocycles. The smallest absolute Gasteiger partial charge is 0.265 e. The molecule has 0 aliphatic heterocycles. The SMILES string of the molecule is C=C(/N=C\C(=C/C)C(F)F)n1nnc(C)c1COc1ccc(-c2ccc(N)nc2)nn1. The third-order valence-electron chi connectivity index (χ3n) is 4.23. The van der Waals surface area contributed by atoms with Gasteiger partial charge in [-0.2, -0.15) is 4.68 Å². The molecule has 160 valence electrons. The summed E-state index contributed by atoms with van der Waals surface area (Å²) in [5.41, 5.74) is 7.88. The third-order valence-corrected chi connectivity index (χ3v) is 4.23. The summed E-state index contributed by atoms with van der Waals surface area (Å²) in [4.78, 5) is 7.98. The Kier molecular flexibility index (Phi) is 6.75. The van der Waals surface area contributed by atoms with Gasteiger partial charge in [0.2, 0.25) is 5.88 Å². The average molecular weight is 426 g/mol. The van der Waals surface area contributed by atoms with Crippen molar-refractivity contribution in [2.45, 2.75) is 26.9 Å². The lowest BCUT2D eigenvalue weighted by molar-refractivity contribution is 0.197. The molecule has 0 aromatic carbocycles. The monoisotopic (exact) mass is 426 g/mol. The van der Waals surface area contributed by atoms with Crippen molar-refractivity contribution >= 4 is 17.9 Å². The number of allylic oxidation sites excluding steroid dienone is 2. The highest BCUT2D eigenvalue weighted by molar-refractivity contribution is 5.82. The zero-order valence-corrected chi connectivity index (χ0v) is 16.9. The fraction of sp³-hybridized carbons (Fsp3) is 0.200. The third kappa shape index (κ3) is 5.32. The van der Waals surface area contributed by atoms with Gasteiger partial charge in [0.05, 0.1) is 11.4 Å². The number of rotatable bonds is 8. The maximum absolute atomic E-state index is 12.8. The normalized spacial score (nSPS) is 12.0. The number of halogens is 2. The van der Waals surface area contributed by atoms with Gasteiger partial charge in [0.25, 0.3) is 6.43 Å². The molecule has 3 aromatic heterocycles. The highest BCUT2D eigenvalue weighted by Crippen LogP contribution is 2.19. The lowest BCUT2D eigenvalue weighted by atomic mass is 10.2. The number of ether oxygens (including phenoxy) is 1. The topological polar surface area (TPSA) is 117 Å². The van der Waals surface area contributed by atoms with E-state index in [4.69, 9.17) is 10.5 Å². The van der Waals surface area contributed by atoms with Gasteiger partial charge >= 0.3 is 0 Å². The van der Waals surface area contributed by atoms with Crippen LogP contribution in [0.4, 0.5) is 14.6 Å². The number of pyridine rings is 1. The van der Waals surface area contributed by atoms with Gasteiger partial charge in [-0.15, -0.1) is 15.3 Å². The summed E-state index contributed by atoms with van der Waals surface area (Å²) in [5, 5.41) is 16.1. The van der Waals surface area contributed by atoms with E-state index in [-0.39, 0.29) is 23.9 Å². The molecule has 31 heavy (non-hydrogen) atoms. The number of hydrogen-bond donors (Lipinski definition) is 1. The molecule has 0 aliphatic rings. The van der Waals surface area contributed by atoms with Crippen molar-refractivity contribution in [3.63, 3.8) is 0 Å². The van der Waals surface area contributed by atoms with E-state index in [1.54, 1.807) is 37.4 Å². The van der Waals surface area contributed by atoms with E-state index in [1.807, 2.05) is 0 Å². The second kappa shape index (κ2) is 9.65. The van der Waals surface area contributed by atoms with Gasteiger partial charge in [-0.05, 0) is 32.0 Å². The van der Waals surface area contributed by atoms with Crippen LogP contribution in [-0.4, -0.2) is 42.8 Å². The molecule has 0 fully saturated rings. The van der Waals surface area contributed by atoms with Gasteiger partial charge < -0.3 is 10.5 Å². The Hall–Kier alpha value is -4.02. The predicted octanol–water partition coefficient (Wildman–Crippen LogP) is 3.31. The number of nitrogens with two attached hydrogens (primary N) is 1. The molecule has 2 N–H and O–H groups in total. The van der Waals surface area contributed by atoms with Crippen LogP contribution in [0, 0.1) is 6.92 Å². The van der Waals surface area contributed by atoms with Crippen molar-refractivity contribution in [1.29, 1.82) is 0 Å². The molecule has 3 aromatic rings. The minimum Gasteiger partial charge on any atom is -0.470 e. The molecule has 11 heteroatoms. The van der Waals surface area contributed by atoms with Gasteiger partial charge in [0.1, 0.15) is 23.9 Å². The first kappa shape index (κ1) is 21.7. The predicted molar refractivity (Wildman–Crippen MR) is 112 cm³/mol. The van der Waals surface area contributed by atoms with Crippen LogP contribution in [-0.2, 0) is 6.61 Å². The van der Waals surface area contributed by atoms with Gasteiger partial charge in [-0.25, -0.2) is 18.8 Å². The fourth-order valence-electron chi connectivity index (χ4n) is 2.46. The number of aryl methyl sites for hydroxylation is 1. The standard InChI is InChI=1S/C20H20F2N8O/c1-4-14(20(21)22)9-24-13(3)30-17(12(2)26-29-30)11-31-19-8-6-16(27-28-19)15-5-7-18(23)25-10-15/h4-10,20H,3,11H2,1-2H3,(H2,23,25)/b14-4+,24-9-. The molecular weight excluding hydrogens is 406 g/mol. The Labute approximate surface area is 177 Å². The van der Waals surface area contributed by atoms with Crippen LogP contribution in [0.3, 0.4) is 0 Å². The van der Waals surface area contributed by atoms with E-state index in [0.29, 0.717) is 22.9 Å². The van der Waals surface area contributed by atoms with Crippen LogP contribution >= 0.6 is 0 Å². The summed E-state index contributed by atoms with van der Waals surface area (Å²) in [6.45, 7) is 7.05. The first-order valence-corrected chi connectivity index (χ1v) is 9.16. The molecule has 0 radical (unpaired) electrons. The molecule has 0 atom stereocenters. The van der Waals surface area contributed by atoms with Crippen LogP contribution in [0.25, 0.3) is 17.1 Å². The molecule has 0 spiro atoms. The highest BCUT2D eigenvalue weighted by Gasteiger charge is 2.14. The summed E-state index contributed by atoms with van der Waals surface area (Å²) >= 11 is 0. The maximum atomic E-state index is 12.8. The summed E-state index contributed by atoms with van der Waals surface area (Å²) in [5.74, 6) is 0.818. The summed E-state index contributed by atoms with van der Waals surface area (Å²) in [6, 6.07) is 6.87. The van der Waals surface area contributed by atoms with Crippen LogP contribution in [0.1, 0.15) is 18.3 Å². The number of hydrogen-bond acceptors (Lipinski definition) is 8. The van der Waals surface area contributed by atoms with Gasteiger partial charge in [-0.1, -0.05) is 17.9 Å². The van der Waals surface area contributed by atoms with Crippen LogP contribution in [0.15, 0.2) is 53.7 Å². The van der Waals surface area contributed by atoms with Crippen LogP contribution < -0.4 is 10.5 Å². The summed E-state index contributed by atoms with van der Waals surface area (Å²) in [6.07, 6.45) is 1.30. The van der Waals surface area contributed by atoms with Crippen molar-refractivity contribution in [3.8, 4) is 17.1 Å². The zero-order valence-electron chi connectivity index (χ0n) is 16.9. The van der Waals surface area contributed by atoms with Crippen LogP contribution in [0.5, 0.6) is 5.88 Å². The molecular formula is C20H20F2N8O. The average Bonchev–Trinajstić information content (AvgIpc) is 3.13. The van der Waals surface area contributed by atoms with Gasteiger partial charge in [0.15, 0.2) is 0 Å². The largest absolute Gasteiger partial charge is 0.470 e. The molecule has 0 unspecified atom stereocenters. The Bertz CT molecular complexity index is 1110. The summed E-state index contributed by atoms with van der Waals surface area (Å²) in [7, 11) is 0. The minimum absolute atomic E-state index is 0.0517. The van der Waals surface area contributed by atoms with Crippen molar-refractivity contribution in [2.24, 2.45) is 4.99 Å². The highest BCUT2D eigenvalue weighted by atomic mass is 19.3. The number of nitrogens with zero attached hydrogens (tertiary/aromatic N) is 7. The van der Waals surface area contributed by atoms with Gasteiger partial charge in [-0.3, -0.25) is 0 Å². The molecule has 0 aliphatic carbocycles. The van der Waals surface area contributed by atoms with Crippen molar-refractivity contribution < 1.29 is 13.5 Å². The van der Waals surface area contributed by atoms with E-state index in [0.717, 1.165) is 11.8 Å². The maximum Gasteiger partial charge on any atom is 0.265 e. The second-order valence-corrected chi connectivity index (χ2v) is 6.31. The fourth-order valence-corrected chi connectivity index (χ4v) is 2.46. The zero-order chi connectivity index (χ0) is 22.4. The molecule has 9 nitrogen and oxygen atoms in total. The van der Waals surface area contributed by atoms with Crippen molar-refractivity contribution in [2.75, 3.05) is 5.73 Å². The van der Waals surface area contributed by atoms with Crippen LogP contribution in [0.2, 0.25) is 0 Å². The Morgan fingerprint density at radius 2 is 2.06 bits per heavy atom. The number of anilines is 1. The molecule has 0 saturated carbocycles. The number of nitrogen functional groups attached to an aromatic ring is 1. The number of aliphatic imine (C=N–C) groups is 1. The van der Waals surface area contributed by atoms with E-state index in [9.17, 15) is 8.78 Å².